The number of carbonyl (C=O) groups is 2. The average molecular weight is 483 g/mol. The minimum atomic E-state index is -0.472. The quantitative estimate of drug-likeness (QED) is 0.112. The molecule has 35 heavy (non-hydrogen) atoms. The van der Waals surface area contributed by atoms with Crippen LogP contribution >= 0.6 is 0 Å². The van der Waals surface area contributed by atoms with Crippen molar-refractivity contribution in [2.45, 2.75) is 90.3 Å². The Hall–Kier alpha value is -2.86. The van der Waals surface area contributed by atoms with Gasteiger partial charge in [0.25, 0.3) is 0 Å². The van der Waals surface area contributed by atoms with Crippen LogP contribution in [0.5, 0.6) is 17.2 Å². The number of epoxide rings is 1. The first kappa shape index (κ1) is 26.7. The summed E-state index contributed by atoms with van der Waals surface area (Å²) in [5.41, 5.74) is 0.438. The van der Waals surface area contributed by atoms with Gasteiger partial charge < -0.3 is 18.9 Å². The summed E-state index contributed by atoms with van der Waals surface area (Å²) in [4.78, 5) is 24.5. The molecule has 0 unspecified atom stereocenters. The molecular weight excluding hydrogens is 444 g/mol. The minimum Gasteiger partial charge on any atom is -0.494 e. The van der Waals surface area contributed by atoms with E-state index in [1.165, 1.54) is 44.9 Å². The smallest absolute Gasteiger partial charge is 0.343 e. The molecule has 0 spiro atoms. The van der Waals surface area contributed by atoms with E-state index < -0.39 is 18.0 Å². The van der Waals surface area contributed by atoms with Crippen LogP contribution in [0.1, 0.15) is 88.4 Å². The SMILES string of the molecule is CCCCCCCCCCOc1ccc(C(=O)Oc2ccc(OC(=O)[C@@H]3O[C@H]3CCC)cc2)cc1. The van der Waals surface area contributed by atoms with E-state index in [-0.39, 0.29) is 6.10 Å². The van der Waals surface area contributed by atoms with Crippen molar-refractivity contribution in [2.75, 3.05) is 6.61 Å². The van der Waals surface area contributed by atoms with E-state index in [0.717, 1.165) is 25.0 Å². The number of esters is 2. The van der Waals surface area contributed by atoms with E-state index in [2.05, 4.69) is 6.92 Å². The molecule has 0 amide bonds. The van der Waals surface area contributed by atoms with Gasteiger partial charge >= 0.3 is 11.9 Å². The Kier molecular flexibility index (Phi) is 11.1. The van der Waals surface area contributed by atoms with Crippen molar-refractivity contribution in [2.24, 2.45) is 0 Å². The van der Waals surface area contributed by atoms with Crippen LogP contribution in [0.15, 0.2) is 48.5 Å². The Morgan fingerprint density at radius 2 is 1.29 bits per heavy atom. The Morgan fingerprint density at radius 3 is 1.91 bits per heavy atom. The molecule has 0 aromatic heterocycles. The Balaban J connectivity index is 1.34. The summed E-state index contributed by atoms with van der Waals surface area (Å²) in [5, 5.41) is 0. The maximum Gasteiger partial charge on any atom is 0.343 e. The van der Waals surface area contributed by atoms with Gasteiger partial charge in [-0.1, -0.05) is 65.2 Å². The third-order valence-electron chi connectivity index (χ3n) is 6.00. The van der Waals surface area contributed by atoms with Crippen LogP contribution in [-0.4, -0.2) is 30.8 Å². The van der Waals surface area contributed by atoms with Gasteiger partial charge in [-0.2, -0.15) is 0 Å². The molecule has 1 heterocycles. The zero-order chi connectivity index (χ0) is 24.9. The number of hydrogen-bond donors (Lipinski definition) is 0. The van der Waals surface area contributed by atoms with Crippen molar-refractivity contribution in [1.82, 2.24) is 0 Å². The van der Waals surface area contributed by atoms with Gasteiger partial charge in [-0.3, -0.25) is 0 Å². The number of benzene rings is 2. The summed E-state index contributed by atoms with van der Waals surface area (Å²) in [6, 6.07) is 13.4. The van der Waals surface area contributed by atoms with Crippen molar-refractivity contribution in [1.29, 1.82) is 0 Å². The molecule has 0 N–H and O–H groups in total. The van der Waals surface area contributed by atoms with Crippen LogP contribution in [0.3, 0.4) is 0 Å². The number of ether oxygens (including phenoxy) is 4. The Morgan fingerprint density at radius 1 is 0.714 bits per heavy atom. The highest BCUT2D eigenvalue weighted by Gasteiger charge is 2.45. The van der Waals surface area contributed by atoms with Gasteiger partial charge in [-0.25, -0.2) is 9.59 Å². The number of rotatable bonds is 16. The molecule has 0 radical (unpaired) electrons. The molecule has 0 aliphatic carbocycles. The zero-order valence-corrected chi connectivity index (χ0v) is 21.0. The second-order valence-electron chi connectivity index (χ2n) is 9.01. The largest absolute Gasteiger partial charge is 0.494 e. The highest BCUT2D eigenvalue weighted by molar-refractivity contribution is 5.91. The fourth-order valence-corrected chi connectivity index (χ4v) is 3.88. The summed E-state index contributed by atoms with van der Waals surface area (Å²) in [5.74, 6) is 0.655. The fourth-order valence-electron chi connectivity index (χ4n) is 3.88. The standard InChI is InChI=1S/C29H38O6/c1-3-5-6-7-8-9-10-11-21-32-23-15-13-22(14-16-23)28(30)33-24-17-19-25(20-18-24)34-29(31)27-26(35-27)12-4-2/h13-20,26-27H,3-12,21H2,1-2H3/t26-,27+/m0/s1. The molecule has 190 valence electrons. The first-order valence-corrected chi connectivity index (χ1v) is 13.0. The molecular formula is C29H38O6. The van der Waals surface area contributed by atoms with E-state index in [0.29, 0.717) is 23.7 Å². The van der Waals surface area contributed by atoms with E-state index >= 15 is 0 Å². The lowest BCUT2D eigenvalue weighted by Gasteiger charge is -2.08. The maximum absolute atomic E-state index is 12.4. The lowest BCUT2D eigenvalue weighted by Crippen LogP contribution is -2.17. The average Bonchev–Trinajstić information content (AvgIpc) is 3.64. The normalized spacial score (nSPS) is 16.5. The first-order valence-electron chi connectivity index (χ1n) is 13.0. The van der Waals surface area contributed by atoms with Crippen LogP contribution in [0.2, 0.25) is 0 Å². The van der Waals surface area contributed by atoms with Gasteiger partial charge in [0.2, 0.25) is 0 Å². The van der Waals surface area contributed by atoms with Crippen LogP contribution in [-0.2, 0) is 9.53 Å². The van der Waals surface area contributed by atoms with Gasteiger partial charge in [-0.15, -0.1) is 0 Å². The van der Waals surface area contributed by atoms with Gasteiger partial charge in [0.05, 0.1) is 18.3 Å². The molecule has 3 rings (SSSR count). The lowest BCUT2D eigenvalue weighted by atomic mass is 10.1. The topological polar surface area (TPSA) is 74.4 Å². The van der Waals surface area contributed by atoms with Crippen LogP contribution < -0.4 is 14.2 Å². The molecule has 1 saturated heterocycles. The molecule has 2 aromatic carbocycles. The number of carbonyl (C=O) groups excluding carboxylic acids is 2. The van der Waals surface area contributed by atoms with E-state index in [1.54, 1.807) is 48.5 Å². The molecule has 2 atom stereocenters. The monoisotopic (exact) mass is 482 g/mol. The predicted octanol–water partition coefficient (Wildman–Crippen LogP) is 6.90. The van der Waals surface area contributed by atoms with Gasteiger partial charge in [0.1, 0.15) is 17.2 Å². The Bertz CT molecular complexity index is 906. The van der Waals surface area contributed by atoms with Gasteiger partial charge in [-0.05, 0) is 61.4 Å². The van der Waals surface area contributed by atoms with Crippen molar-refractivity contribution in [3.63, 3.8) is 0 Å². The summed E-state index contributed by atoms with van der Waals surface area (Å²) in [6.07, 6.45) is 11.4. The summed E-state index contributed by atoms with van der Waals surface area (Å²) >= 11 is 0. The first-order chi connectivity index (χ1) is 17.1. The molecule has 2 aromatic rings. The molecule has 1 aliphatic heterocycles. The van der Waals surface area contributed by atoms with E-state index in [1.807, 2.05) is 6.92 Å². The summed E-state index contributed by atoms with van der Waals surface area (Å²) in [7, 11) is 0. The molecule has 1 aliphatic rings. The molecule has 1 fully saturated rings. The second-order valence-corrected chi connectivity index (χ2v) is 9.01. The molecule has 0 bridgehead atoms. The van der Waals surface area contributed by atoms with E-state index in [9.17, 15) is 9.59 Å². The van der Waals surface area contributed by atoms with Gasteiger partial charge in [0, 0.05) is 0 Å². The minimum absolute atomic E-state index is 0.0328. The summed E-state index contributed by atoms with van der Waals surface area (Å²) in [6.45, 7) is 4.97. The highest BCUT2D eigenvalue weighted by Crippen LogP contribution is 2.29. The van der Waals surface area contributed by atoms with Crippen molar-refractivity contribution in [3.8, 4) is 17.2 Å². The number of hydrogen-bond acceptors (Lipinski definition) is 6. The van der Waals surface area contributed by atoms with Crippen LogP contribution in [0, 0.1) is 0 Å². The van der Waals surface area contributed by atoms with Crippen LogP contribution in [0.25, 0.3) is 0 Å². The molecule has 0 saturated carbocycles. The lowest BCUT2D eigenvalue weighted by molar-refractivity contribution is -0.135. The highest BCUT2D eigenvalue weighted by atomic mass is 16.6. The predicted molar refractivity (Wildman–Crippen MR) is 135 cm³/mol. The van der Waals surface area contributed by atoms with Gasteiger partial charge in [0.15, 0.2) is 6.10 Å². The third-order valence-corrected chi connectivity index (χ3v) is 6.00. The number of unbranched alkanes of at least 4 members (excludes halogenated alkanes) is 7. The van der Waals surface area contributed by atoms with E-state index in [4.69, 9.17) is 18.9 Å². The van der Waals surface area contributed by atoms with Crippen molar-refractivity contribution in [3.05, 3.63) is 54.1 Å². The van der Waals surface area contributed by atoms with Crippen molar-refractivity contribution < 1.29 is 28.5 Å². The molecule has 6 nitrogen and oxygen atoms in total. The zero-order valence-electron chi connectivity index (χ0n) is 21.0. The maximum atomic E-state index is 12.4. The summed E-state index contributed by atoms with van der Waals surface area (Å²) < 4.78 is 21.9. The van der Waals surface area contributed by atoms with Crippen LogP contribution in [0.4, 0.5) is 0 Å². The third kappa shape index (κ3) is 9.36. The second kappa shape index (κ2) is 14.5. The fraction of sp³-hybridized carbons (Fsp3) is 0.517. The van der Waals surface area contributed by atoms with Crippen molar-refractivity contribution >= 4 is 11.9 Å². The Labute approximate surface area is 208 Å². The molecule has 6 heteroatoms.